The largest absolute Gasteiger partial charge is 0.325 e. The van der Waals surface area contributed by atoms with Gasteiger partial charge in [0.05, 0.1) is 5.69 Å². The van der Waals surface area contributed by atoms with Gasteiger partial charge in [0.1, 0.15) is 5.01 Å². The number of rotatable bonds is 3. The summed E-state index contributed by atoms with van der Waals surface area (Å²) in [6.07, 6.45) is 0.890. The average molecular weight is 260 g/mol. The fourth-order valence-electron chi connectivity index (χ4n) is 1.86. The van der Waals surface area contributed by atoms with Gasteiger partial charge in [-0.15, -0.1) is 11.3 Å². The van der Waals surface area contributed by atoms with Crippen LogP contribution in [-0.4, -0.2) is 4.98 Å². The van der Waals surface area contributed by atoms with Gasteiger partial charge in [0.2, 0.25) is 0 Å². The zero-order chi connectivity index (χ0) is 13.2. The number of hydrogen-bond acceptors (Lipinski definition) is 3. The lowest BCUT2D eigenvalue weighted by Gasteiger charge is -2.19. The van der Waals surface area contributed by atoms with E-state index in [1.54, 1.807) is 11.3 Å². The van der Waals surface area contributed by atoms with Crippen LogP contribution in [0.3, 0.4) is 0 Å². The van der Waals surface area contributed by atoms with Crippen LogP contribution in [0.25, 0.3) is 0 Å². The number of nitrogens with zero attached hydrogens (tertiary/aromatic N) is 1. The molecule has 96 valence electrons. The highest BCUT2D eigenvalue weighted by molar-refractivity contribution is 7.09. The van der Waals surface area contributed by atoms with E-state index in [1.807, 2.05) is 0 Å². The summed E-state index contributed by atoms with van der Waals surface area (Å²) in [6, 6.07) is 8.82. The predicted molar refractivity (Wildman–Crippen MR) is 78.0 cm³/mol. The highest BCUT2D eigenvalue weighted by Gasteiger charge is 2.12. The molecule has 0 aliphatic rings. The summed E-state index contributed by atoms with van der Waals surface area (Å²) in [5.74, 6) is 0. The van der Waals surface area contributed by atoms with Gasteiger partial charge in [0.25, 0.3) is 0 Å². The molecule has 1 heterocycles. The Hall–Kier alpha value is -1.19. The zero-order valence-electron chi connectivity index (χ0n) is 11.2. The topological polar surface area (TPSA) is 38.9 Å². The van der Waals surface area contributed by atoms with Gasteiger partial charge in [-0.05, 0) is 16.5 Å². The maximum absolute atomic E-state index is 5.57. The smallest absolute Gasteiger partial charge is 0.106 e. The Kier molecular flexibility index (Phi) is 3.83. The van der Waals surface area contributed by atoms with E-state index in [0.29, 0.717) is 6.54 Å². The summed E-state index contributed by atoms with van der Waals surface area (Å²) in [5.41, 5.74) is 9.57. The predicted octanol–water partition coefficient (Wildman–Crippen LogP) is 3.49. The maximum Gasteiger partial charge on any atom is 0.106 e. The van der Waals surface area contributed by atoms with E-state index < -0.39 is 0 Å². The average Bonchev–Trinajstić information content (AvgIpc) is 2.76. The number of aromatic nitrogens is 1. The molecule has 2 aromatic rings. The molecule has 0 spiro atoms. The second-order valence-electron chi connectivity index (χ2n) is 5.56. The SMILES string of the molecule is CC(C)(C)c1ccc(Cc2csc(CN)n2)cc1. The van der Waals surface area contributed by atoms with Gasteiger partial charge in [0.15, 0.2) is 0 Å². The molecule has 0 unspecified atom stereocenters. The van der Waals surface area contributed by atoms with Crippen molar-refractivity contribution in [1.29, 1.82) is 0 Å². The Bertz CT molecular complexity index is 506. The van der Waals surface area contributed by atoms with Crippen LogP contribution < -0.4 is 5.73 Å². The lowest BCUT2D eigenvalue weighted by molar-refractivity contribution is 0.590. The summed E-state index contributed by atoms with van der Waals surface area (Å²) in [5, 5.41) is 3.11. The van der Waals surface area contributed by atoms with Gasteiger partial charge in [0, 0.05) is 18.3 Å². The molecule has 18 heavy (non-hydrogen) atoms. The molecule has 2 nitrogen and oxygen atoms in total. The van der Waals surface area contributed by atoms with Crippen molar-refractivity contribution in [2.24, 2.45) is 5.73 Å². The first-order valence-corrected chi connectivity index (χ1v) is 7.10. The van der Waals surface area contributed by atoms with Crippen LogP contribution in [0, 0.1) is 0 Å². The Morgan fingerprint density at radius 1 is 1.17 bits per heavy atom. The summed E-state index contributed by atoms with van der Waals surface area (Å²) >= 11 is 1.64. The van der Waals surface area contributed by atoms with E-state index >= 15 is 0 Å². The Balaban J connectivity index is 2.11. The van der Waals surface area contributed by atoms with Crippen molar-refractivity contribution in [2.75, 3.05) is 0 Å². The van der Waals surface area contributed by atoms with Crippen molar-refractivity contribution in [3.8, 4) is 0 Å². The van der Waals surface area contributed by atoms with Crippen molar-refractivity contribution in [2.45, 2.75) is 39.2 Å². The van der Waals surface area contributed by atoms with Gasteiger partial charge in [-0.2, -0.15) is 0 Å². The van der Waals surface area contributed by atoms with Crippen molar-refractivity contribution in [3.63, 3.8) is 0 Å². The third-order valence-corrected chi connectivity index (χ3v) is 3.90. The van der Waals surface area contributed by atoms with Crippen molar-refractivity contribution in [1.82, 2.24) is 4.98 Å². The molecular formula is C15H20N2S. The Labute approximate surface area is 113 Å². The van der Waals surface area contributed by atoms with E-state index in [9.17, 15) is 0 Å². The van der Waals surface area contributed by atoms with E-state index in [0.717, 1.165) is 17.1 Å². The Morgan fingerprint density at radius 3 is 2.33 bits per heavy atom. The molecule has 2 rings (SSSR count). The number of hydrogen-bond donors (Lipinski definition) is 1. The van der Waals surface area contributed by atoms with E-state index in [4.69, 9.17) is 5.73 Å². The lowest BCUT2D eigenvalue weighted by Crippen LogP contribution is -2.10. The van der Waals surface area contributed by atoms with E-state index in [1.165, 1.54) is 11.1 Å². The first-order chi connectivity index (χ1) is 8.49. The van der Waals surface area contributed by atoms with Gasteiger partial charge < -0.3 is 5.73 Å². The highest BCUT2D eigenvalue weighted by Crippen LogP contribution is 2.23. The van der Waals surface area contributed by atoms with Crippen molar-refractivity contribution < 1.29 is 0 Å². The quantitative estimate of drug-likeness (QED) is 0.917. The minimum absolute atomic E-state index is 0.214. The monoisotopic (exact) mass is 260 g/mol. The van der Waals surface area contributed by atoms with Crippen LogP contribution in [-0.2, 0) is 18.4 Å². The molecule has 2 N–H and O–H groups in total. The fraction of sp³-hybridized carbons (Fsp3) is 0.400. The molecule has 0 amide bonds. The van der Waals surface area contributed by atoms with E-state index in [2.05, 4.69) is 55.4 Å². The molecule has 1 aromatic carbocycles. The molecule has 0 saturated carbocycles. The standard InChI is InChI=1S/C15H20N2S/c1-15(2,3)12-6-4-11(5-7-12)8-13-10-18-14(9-16)17-13/h4-7,10H,8-9,16H2,1-3H3. The second kappa shape index (κ2) is 5.21. The summed E-state index contributed by atoms with van der Waals surface area (Å²) in [7, 11) is 0. The molecule has 1 aromatic heterocycles. The number of benzene rings is 1. The summed E-state index contributed by atoms with van der Waals surface area (Å²) in [4.78, 5) is 4.49. The molecule has 0 fully saturated rings. The third-order valence-electron chi connectivity index (χ3n) is 2.98. The van der Waals surface area contributed by atoms with Crippen LogP contribution >= 0.6 is 11.3 Å². The van der Waals surface area contributed by atoms with Crippen LogP contribution in [0.15, 0.2) is 29.6 Å². The van der Waals surface area contributed by atoms with E-state index in [-0.39, 0.29) is 5.41 Å². The second-order valence-corrected chi connectivity index (χ2v) is 6.50. The molecule has 0 aliphatic heterocycles. The van der Waals surface area contributed by atoms with Gasteiger partial charge in [-0.3, -0.25) is 0 Å². The normalized spacial score (nSPS) is 11.8. The van der Waals surface area contributed by atoms with Crippen LogP contribution in [0.4, 0.5) is 0 Å². The minimum Gasteiger partial charge on any atom is -0.325 e. The number of nitrogens with two attached hydrogens (primary N) is 1. The molecule has 0 bridgehead atoms. The minimum atomic E-state index is 0.214. The van der Waals surface area contributed by atoms with Crippen LogP contribution in [0.5, 0.6) is 0 Å². The number of thiazole rings is 1. The van der Waals surface area contributed by atoms with Crippen molar-refractivity contribution in [3.05, 3.63) is 51.5 Å². The maximum atomic E-state index is 5.57. The van der Waals surface area contributed by atoms with Gasteiger partial charge in [-0.25, -0.2) is 4.98 Å². The third kappa shape index (κ3) is 3.18. The van der Waals surface area contributed by atoms with Crippen LogP contribution in [0.2, 0.25) is 0 Å². The molecule has 0 aliphatic carbocycles. The zero-order valence-corrected chi connectivity index (χ0v) is 12.1. The molecule has 0 atom stereocenters. The first-order valence-electron chi connectivity index (χ1n) is 6.22. The summed E-state index contributed by atoms with van der Waals surface area (Å²) < 4.78 is 0. The molecular weight excluding hydrogens is 240 g/mol. The molecule has 3 heteroatoms. The lowest BCUT2D eigenvalue weighted by atomic mass is 9.86. The van der Waals surface area contributed by atoms with Gasteiger partial charge in [-0.1, -0.05) is 45.0 Å². The first kappa shape index (κ1) is 13.2. The molecule has 0 radical (unpaired) electrons. The summed E-state index contributed by atoms with van der Waals surface area (Å²) in [6.45, 7) is 7.23. The Morgan fingerprint density at radius 2 is 1.83 bits per heavy atom. The fourth-order valence-corrected chi connectivity index (χ4v) is 2.53. The highest BCUT2D eigenvalue weighted by atomic mass is 32.1. The molecule has 0 saturated heterocycles. The van der Waals surface area contributed by atoms with Gasteiger partial charge >= 0.3 is 0 Å². The van der Waals surface area contributed by atoms with Crippen molar-refractivity contribution >= 4 is 11.3 Å². The van der Waals surface area contributed by atoms with Crippen LogP contribution in [0.1, 0.15) is 42.6 Å².